The molecule has 0 bridgehead atoms. The largest absolute Gasteiger partial charge is 0.373 e. The van der Waals surface area contributed by atoms with Gasteiger partial charge in [0.1, 0.15) is 12.2 Å². The fourth-order valence-electron chi connectivity index (χ4n) is 0.313. The number of carbonyl (C=O) groups excluding carboxylic acids is 1. The van der Waals surface area contributed by atoms with Crippen LogP contribution in [0.25, 0.3) is 0 Å². The van der Waals surface area contributed by atoms with Gasteiger partial charge in [-0.3, -0.25) is 4.89 Å². The number of rotatable bonds is 3. The molecule has 0 aliphatic rings. The van der Waals surface area contributed by atoms with Gasteiger partial charge in [-0.2, -0.15) is 4.89 Å². The average Bonchev–Trinajstić information content (AvgIpc) is 1.83. The maximum Gasteiger partial charge on any atom is 0.367 e. The maximum atomic E-state index is 10.6. The van der Waals surface area contributed by atoms with E-state index in [0.717, 1.165) is 0 Å². The summed E-state index contributed by atoms with van der Waals surface area (Å²) in [7, 11) is 1.42. The van der Waals surface area contributed by atoms with Crippen LogP contribution in [-0.4, -0.2) is 25.3 Å². The van der Waals surface area contributed by atoms with Crippen molar-refractivity contribution >= 4 is 5.97 Å². The van der Waals surface area contributed by atoms with Crippen LogP contribution in [0.1, 0.15) is 20.8 Å². The van der Waals surface area contributed by atoms with Crippen LogP contribution >= 0.6 is 0 Å². The minimum Gasteiger partial charge on any atom is -0.373 e. The van der Waals surface area contributed by atoms with Crippen molar-refractivity contribution in [1.29, 1.82) is 0 Å². The fourth-order valence-corrected chi connectivity index (χ4v) is 0.313. The number of hydrogen-bond acceptors (Lipinski definition) is 4. The number of ether oxygens (including phenoxy) is 1. The molecule has 0 amide bonds. The van der Waals surface area contributed by atoms with Gasteiger partial charge in [0.25, 0.3) is 0 Å². The van der Waals surface area contributed by atoms with Gasteiger partial charge in [-0.15, -0.1) is 0 Å². The Labute approximate surface area is 66.4 Å². The third kappa shape index (κ3) is 7.29. The van der Waals surface area contributed by atoms with Crippen LogP contribution in [0.2, 0.25) is 0 Å². The van der Waals surface area contributed by atoms with E-state index >= 15 is 0 Å². The molecule has 0 aromatic rings. The molecule has 4 heteroatoms. The number of hydrogen-bond donors (Lipinski definition) is 0. The van der Waals surface area contributed by atoms with Gasteiger partial charge < -0.3 is 4.74 Å². The number of carbonyl (C=O) groups is 1. The summed E-state index contributed by atoms with van der Waals surface area (Å²) in [6.07, 6.45) is 0. The van der Waals surface area contributed by atoms with Gasteiger partial charge in [0.2, 0.25) is 0 Å². The quantitative estimate of drug-likeness (QED) is 0.457. The monoisotopic (exact) mass is 162 g/mol. The van der Waals surface area contributed by atoms with E-state index in [4.69, 9.17) is 4.89 Å². The predicted molar refractivity (Wildman–Crippen MR) is 38.8 cm³/mol. The highest BCUT2D eigenvalue weighted by molar-refractivity contribution is 5.69. The molecule has 0 atom stereocenters. The summed E-state index contributed by atoms with van der Waals surface area (Å²) in [6.45, 7) is 5.27. The first-order chi connectivity index (χ1) is 4.95. The molecule has 0 aromatic heterocycles. The van der Waals surface area contributed by atoms with Crippen molar-refractivity contribution in [2.75, 3.05) is 13.7 Å². The highest BCUT2D eigenvalue weighted by Gasteiger charge is 2.14. The predicted octanol–water partition coefficient (Wildman–Crippen LogP) is 0.906. The van der Waals surface area contributed by atoms with Gasteiger partial charge >= 0.3 is 5.97 Å². The molecular weight excluding hydrogens is 148 g/mol. The third-order valence-corrected chi connectivity index (χ3v) is 0.647. The van der Waals surface area contributed by atoms with Crippen molar-refractivity contribution in [1.82, 2.24) is 0 Å². The maximum absolute atomic E-state index is 10.6. The van der Waals surface area contributed by atoms with Gasteiger partial charge in [0, 0.05) is 7.11 Å². The first-order valence-electron chi connectivity index (χ1n) is 3.33. The molecular formula is C7H14O4. The van der Waals surface area contributed by atoms with Gasteiger partial charge in [0.05, 0.1) is 0 Å². The summed E-state index contributed by atoms with van der Waals surface area (Å²) in [6, 6.07) is 0. The van der Waals surface area contributed by atoms with Crippen molar-refractivity contribution in [2.45, 2.75) is 26.4 Å². The zero-order valence-electron chi connectivity index (χ0n) is 7.34. The number of methoxy groups -OCH3 is 1. The Bertz CT molecular complexity index is 125. The summed E-state index contributed by atoms with van der Waals surface area (Å²) in [4.78, 5) is 19.7. The molecule has 0 saturated heterocycles. The first kappa shape index (κ1) is 10.4. The zero-order chi connectivity index (χ0) is 8.91. The van der Waals surface area contributed by atoms with E-state index in [-0.39, 0.29) is 6.61 Å². The normalized spacial score (nSPS) is 11.3. The topological polar surface area (TPSA) is 44.8 Å². The molecule has 0 radical (unpaired) electrons. The molecule has 0 aromatic carbocycles. The summed E-state index contributed by atoms with van der Waals surface area (Å²) >= 11 is 0. The van der Waals surface area contributed by atoms with Crippen LogP contribution in [0.4, 0.5) is 0 Å². The molecule has 0 fully saturated rings. The minimum absolute atomic E-state index is 0.0872. The molecule has 0 saturated carbocycles. The summed E-state index contributed by atoms with van der Waals surface area (Å²) in [5.74, 6) is -0.526. The SMILES string of the molecule is COCC(=O)OOC(C)(C)C. The Morgan fingerprint density at radius 2 is 1.91 bits per heavy atom. The van der Waals surface area contributed by atoms with Crippen LogP contribution in [0.15, 0.2) is 0 Å². The molecule has 4 nitrogen and oxygen atoms in total. The molecule has 0 unspecified atom stereocenters. The molecule has 11 heavy (non-hydrogen) atoms. The lowest BCUT2D eigenvalue weighted by atomic mass is 10.2. The lowest BCUT2D eigenvalue weighted by Crippen LogP contribution is -2.23. The molecule has 0 heterocycles. The second kappa shape index (κ2) is 4.31. The van der Waals surface area contributed by atoms with E-state index < -0.39 is 11.6 Å². The standard InChI is InChI=1S/C7H14O4/c1-7(2,3)11-10-6(8)5-9-4/h5H2,1-4H3. The van der Waals surface area contributed by atoms with Crippen molar-refractivity contribution in [2.24, 2.45) is 0 Å². The second-order valence-corrected chi connectivity index (χ2v) is 3.08. The van der Waals surface area contributed by atoms with Crippen LogP contribution in [-0.2, 0) is 19.3 Å². The van der Waals surface area contributed by atoms with Gasteiger partial charge in [-0.25, -0.2) is 4.79 Å². The average molecular weight is 162 g/mol. The summed E-state index contributed by atoms with van der Waals surface area (Å²) < 4.78 is 4.51. The zero-order valence-corrected chi connectivity index (χ0v) is 7.34. The van der Waals surface area contributed by atoms with Gasteiger partial charge in [-0.05, 0) is 20.8 Å². The van der Waals surface area contributed by atoms with E-state index in [1.807, 2.05) is 0 Å². The van der Waals surface area contributed by atoms with E-state index in [1.165, 1.54) is 7.11 Å². The highest BCUT2D eigenvalue weighted by Crippen LogP contribution is 2.06. The summed E-state index contributed by atoms with van der Waals surface area (Å²) in [5, 5.41) is 0. The molecule has 0 aliphatic heterocycles. The van der Waals surface area contributed by atoms with E-state index in [0.29, 0.717) is 0 Å². The molecule has 0 spiro atoms. The van der Waals surface area contributed by atoms with Crippen molar-refractivity contribution < 1.29 is 19.3 Å². The fraction of sp³-hybridized carbons (Fsp3) is 0.857. The Morgan fingerprint density at radius 3 is 2.27 bits per heavy atom. The van der Waals surface area contributed by atoms with E-state index in [2.05, 4.69) is 9.62 Å². The third-order valence-electron chi connectivity index (χ3n) is 0.647. The van der Waals surface area contributed by atoms with Crippen molar-refractivity contribution in [3.8, 4) is 0 Å². The highest BCUT2D eigenvalue weighted by atomic mass is 17.2. The van der Waals surface area contributed by atoms with Gasteiger partial charge in [-0.1, -0.05) is 0 Å². The van der Waals surface area contributed by atoms with Crippen LogP contribution in [0.5, 0.6) is 0 Å². The Hall–Kier alpha value is -0.610. The molecule has 66 valence electrons. The second-order valence-electron chi connectivity index (χ2n) is 3.08. The van der Waals surface area contributed by atoms with E-state index in [9.17, 15) is 4.79 Å². The van der Waals surface area contributed by atoms with E-state index in [1.54, 1.807) is 20.8 Å². The van der Waals surface area contributed by atoms with Crippen LogP contribution in [0.3, 0.4) is 0 Å². The smallest absolute Gasteiger partial charge is 0.367 e. The van der Waals surface area contributed by atoms with Crippen molar-refractivity contribution in [3.05, 3.63) is 0 Å². The lowest BCUT2D eigenvalue weighted by molar-refractivity contribution is -0.321. The minimum atomic E-state index is -0.526. The molecule has 0 rings (SSSR count). The molecule has 0 N–H and O–H groups in total. The summed E-state index contributed by atoms with van der Waals surface area (Å²) in [5.41, 5.74) is -0.469. The Morgan fingerprint density at radius 1 is 1.36 bits per heavy atom. The molecule has 0 aliphatic carbocycles. The Kier molecular flexibility index (Phi) is 4.07. The van der Waals surface area contributed by atoms with Crippen molar-refractivity contribution in [3.63, 3.8) is 0 Å². The van der Waals surface area contributed by atoms with Crippen LogP contribution in [0, 0.1) is 0 Å². The van der Waals surface area contributed by atoms with Gasteiger partial charge in [0.15, 0.2) is 0 Å². The lowest BCUT2D eigenvalue weighted by Gasteiger charge is -2.16. The Balaban J connectivity index is 3.46. The first-order valence-corrected chi connectivity index (χ1v) is 3.33. The van der Waals surface area contributed by atoms with Crippen LogP contribution < -0.4 is 0 Å².